The van der Waals surface area contributed by atoms with Crippen LogP contribution in [0.4, 0.5) is 0 Å². The van der Waals surface area contributed by atoms with E-state index in [2.05, 4.69) is 0 Å². The Labute approximate surface area is 68.3 Å². The average molecular weight is 161 g/mol. The van der Waals surface area contributed by atoms with Crippen molar-refractivity contribution in [2.24, 2.45) is 6.98 Å². The number of aryl methyl sites for hydroxylation is 2. The SMILES string of the molecule is [2H]C([2H])([2H])n1cc(Cl)cc(C)c1=O. The molecule has 0 N–H and O–H groups in total. The van der Waals surface area contributed by atoms with Gasteiger partial charge in [0.1, 0.15) is 0 Å². The van der Waals surface area contributed by atoms with Crippen LogP contribution < -0.4 is 5.56 Å². The molecule has 1 aromatic rings. The van der Waals surface area contributed by atoms with Crippen molar-refractivity contribution in [3.05, 3.63) is 33.2 Å². The van der Waals surface area contributed by atoms with E-state index in [4.69, 9.17) is 15.7 Å². The first-order valence-electron chi connectivity index (χ1n) is 4.21. The lowest BCUT2D eigenvalue weighted by atomic mass is 10.3. The van der Waals surface area contributed by atoms with E-state index in [0.717, 1.165) is 6.20 Å². The molecule has 1 rings (SSSR count). The van der Waals surface area contributed by atoms with Gasteiger partial charge in [0.25, 0.3) is 5.56 Å². The number of rotatable bonds is 0. The molecule has 0 amide bonds. The normalized spacial score (nSPS) is 15.6. The summed E-state index contributed by atoms with van der Waals surface area (Å²) < 4.78 is 21.8. The van der Waals surface area contributed by atoms with Gasteiger partial charge in [-0.3, -0.25) is 4.79 Å². The van der Waals surface area contributed by atoms with Gasteiger partial charge in [0.15, 0.2) is 0 Å². The summed E-state index contributed by atoms with van der Waals surface area (Å²) >= 11 is 5.62. The van der Waals surface area contributed by atoms with Crippen molar-refractivity contribution >= 4 is 11.6 Å². The largest absolute Gasteiger partial charge is 0.317 e. The summed E-state index contributed by atoms with van der Waals surface area (Å²) in [6.07, 6.45) is 1.11. The zero-order valence-electron chi connectivity index (χ0n) is 8.39. The molecule has 0 aromatic carbocycles. The maximum absolute atomic E-state index is 11.3. The van der Waals surface area contributed by atoms with Gasteiger partial charge in [0, 0.05) is 22.8 Å². The highest BCUT2D eigenvalue weighted by molar-refractivity contribution is 6.30. The second-order valence-electron chi connectivity index (χ2n) is 2.02. The van der Waals surface area contributed by atoms with Gasteiger partial charge in [-0.2, -0.15) is 0 Å². The number of halogens is 1. The minimum Gasteiger partial charge on any atom is -0.317 e. The van der Waals surface area contributed by atoms with Crippen LogP contribution in [0.5, 0.6) is 0 Å². The highest BCUT2D eigenvalue weighted by Gasteiger charge is 1.96. The molecule has 3 heteroatoms. The Morgan fingerprint density at radius 2 is 2.50 bits per heavy atom. The van der Waals surface area contributed by atoms with Gasteiger partial charge < -0.3 is 4.57 Å². The van der Waals surface area contributed by atoms with Crippen molar-refractivity contribution in [3.8, 4) is 0 Å². The van der Waals surface area contributed by atoms with E-state index in [0.29, 0.717) is 10.1 Å². The van der Waals surface area contributed by atoms with Crippen LogP contribution in [0.25, 0.3) is 0 Å². The number of pyridine rings is 1. The lowest BCUT2D eigenvalue weighted by Crippen LogP contribution is -2.17. The third-order valence-electron chi connectivity index (χ3n) is 1.16. The molecular formula is C7H8ClNO. The van der Waals surface area contributed by atoms with Gasteiger partial charge in [-0.15, -0.1) is 0 Å². The first-order valence-corrected chi connectivity index (χ1v) is 3.09. The fraction of sp³-hybridized carbons (Fsp3) is 0.286. The minimum absolute atomic E-state index is 0.244. The molecule has 1 heterocycles. The smallest absolute Gasteiger partial charge is 0.253 e. The van der Waals surface area contributed by atoms with Crippen LogP contribution >= 0.6 is 11.6 Å². The summed E-state index contributed by atoms with van der Waals surface area (Å²) in [7, 11) is 0. The average Bonchev–Trinajstić information content (AvgIpc) is 1.94. The second kappa shape index (κ2) is 2.46. The van der Waals surface area contributed by atoms with Crippen LogP contribution in [0.1, 0.15) is 9.68 Å². The Morgan fingerprint density at radius 3 is 3.10 bits per heavy atom. The van der Waals surface area contributed by atoms with Crippen LogP contribution in [-0.2, 0) is 6.98 Å². The highest BCUT2D eigenvalue weighted by Crippen LogP contribution is 2.04. The maximum atomic E-state index is 11.3. The first kappa shape index (κ1) is 4.19. The third-order valence-corrected chi connectivity index (χ3v) is 1.37. The van der Waals surface area contributed by atoms with Gasteiger partial charge in [-0.05, 0) is 13.0 Å². The van der Waals surface area contributed by atoms with Gasteiger partial charge in [0.2, 0.25) is 0 Å². The lowest BCUT2D eigenvalue weighted by molar-refractivity contribution is 0.849. The summed E-state index contributed by atoms with van der Waals surface area (Å²) in [5.41, 5.74) is -0.215. The number of nitrogens with zero attached hydrogens (tertiary/aromatic N) is 1. The molecule has 1 aromatic heterocycles. The Bertz CT molecular complexity index is 382. The summed E-state index contributed by atoms with van der Waals surface area (Å²) in [6.45, 7) is -0.941. The van der Waals surface area contributed by atoms with E-state index < -0.39 is 12.5 Å². The third kappa shape index (κ3) is 1.21. The predicted octanol–water partition coefficient (Wildman–Crippen LogP) is 1.35. The fourth-order valence-corrected chi connectivity index (χ4v) is 0.939. The Balaban J connectivity index is 3.47. The molecule has 10 heavy (non-hydrogen) atoms. The van der Waals surface area contributed by atoms with Crippen LogP contribution in [0.15, 0.2) is 17.1 Å². The summed E-state index contributed by atoms with van der Waals surface area (Å²) in [6, 6.07) is 1.44. The van der Waals surface area contributed by atoms with Crippen molar-refractivity contribution in [1.29, 1.82) is 0 Å². The van der Waals surface area contributed by atoms with Crippen molar-refractivity contribution in [1.82, 2.24) is 4.57 Å². The summed E-state index contributed by atoms with van der Waals surface area (Å²) in [4.78, 5) is 11.3. The maximum Gasteiger partial charge on any atom is 0.253 e. The number of aromatic nitrogens is 1. The van der Waals surface area contributed by atoms with E-state index >= 15 is 0 Å². The Morgan fingerprint density at radius 1 is 1.80 bits per heavy atom. The molecule has 0 saturated heterocycles. The lowest BCUT2D eigenvalue weighted by Gasteiger charge is -1.98. The van der Waals surface area contributed by atoms with Gasteiger partial charge in [-0.25, -0.2) is 0 Å². The van der Waals surface area contributed by atoms with Gasteiger partial charge >= 0.3 is 0 Å². The molecule has 0 aliphatic carbocycles. The minimum atomic E-state index is -2.47. The van der Waals surface area contributed by atoms with Crippen LogP contribution in [0, 0.1) is 6.92 Å². The standard InChI is InChI=1S/C7H8ClNO/c1-5-3-6(8)4-9(2)7(5)10/h3-4H,1-2H3/i2D3. The predicted molar refractivity (Wildman–Crippen MR) is 41.4 cm³/mol. The monoisotopic (exact) mass is 160 g/mol. The molecular weight excluding hydrogens is 150 g/mol. The molecule has 54 valence electrons. The molecule has 0 atom stereocenters. The zero-order valence-corrected chi connectivity index (χ0v) is 6.14. The molecule has 0 radical (unpaired) electrons. The van der Waals surface area contributed by atoms with Crippen molar-refractivity contribution < 1.29 is 4.11 Å². The van der Waals surface area contributed by atoms with Crippen molar-refractivity contribution in [3.63, 3.8) is 0 Å². The molecule has 0 aliphatic rings. The Kier molecular flexibility index (Phi) is 1.03. The zero-order chi connectivity index (χ0) is 10.2. The topological polar surface area (TPSA) is 22.0 Å². The van der Waals surface area contributed by atoms with Crippen LogP contribution in [-0.4, -0.2) is 4.57 Å². The molecule has 0 spiro atoms. The first-order chi connectivity index (χ1) is 5.82. The summed E-state index contributed by atoms with van der Waals surface area (Å²) in [5.74, 6) is 0. The number of hydrogen-bond acceptors (Lipinski definition) is 1. The van der Waals surface area contributed by atoms with Crippen molar-refractivity contribution in [2.75, 3.05) is 0 Å². The summed E-state index contributed by atoms with van der Waals surface area (Å²) in [5, 5.41) is 0.244. The highest BCUT2D eigenvalue weighted by atomic mass is 35.5. The van der Waals surface area contributed by atoms with E-state index in [9.17, 15) is 4.79 Å². The fourth-order valence-electron chi connectivity index (χ4n) is 0.678. The quantitative estimate of drug-likeness (QED) is 0.562. The molecule has 2 nitrogen and oxygen atoms in total. The van der Waals surface area contributed by atoms with E-state index in [1.807, 2.05) is 0 Å². The van der Waals surface area contributed by atoms with Gasteiger partial charge in [0.05, 0.1) is 5.02 Å². The molecule has 0 unspecified atom stereocenters. The molecule has 0 bridgehead atoms. The molecule has 0 saturated carbocycles. The van der Waals surface area contributed by atoms with Gasteiger partial charge in [-0.1, -0.05) is 11.6 Å². The molecule has 0 fully saturated rings. The van der Waals surface area contributed by atoms with Crippen LogP contribution in [0.3, 0.4) is 0 Å². The van der Waals surface area contributed by atoms with E-state index in [1.165, 1.54) is 13.0 Å². The molecule has 0 aliphatic heterocycles. The van der Waals surface area contributed by atoms with Crippen molar-refractivity contribution in [2.45, 2.75) is 6.92 Å². The van der Waals surface area contributed by atoms with Crippen LogP contribution in [0.2, 0.25) is 5.02 Å². The van der Waals surface area contributed by atoms with E-state index in [-0.39, 0.29) is 5.02 Å². The second-order valence-corrected chi connectivity index (χ2v) is 2.45. The van der Waals surface area contributed by atoms with E-state index in [1.54, 1.807) is 0 Å². The Hall–Kier alpha value is -0.760. The number of hydrogen-bond donors (Lipinski definition) is 0.